The van der Waals surface area contributed by atoms with E-state index in [1.165, 1.54) is 6.26 Å². The van der Waals surface area contributed by atoms with Gasteiger partial charge in [-0.25, -0.2) is 0 Å². The predicted molar refractivity (Wildman–Crippen MR) is 38.8 cm³/mol. The molecule has 0 bridgehead atoms. The van der Waals surface area contributed by atoms with Gasteiger partial charge in [-0.05, 0) is 12.1 Å². The summed E-state index contributed by atoms with van der Waals surface area (Å²) in [5, 5.41) is 2.18. The number of thiocarbonyl (C=S) groups is 1. The Morgan fingerprint density at radius 1 is 1.80 bits per heavy atom. The Labute approximate surface area is 63.0 Å². The van der Waals surface area contributed by atoms with E-state index < -0.39 is 0 Å². The summed E-state index contributed by atoms with van der Waals surface area (Å²) in [5.74, 6) is -0.141. The normalized spacial score (nSPS) is 8.80. The second kappa shape index (κ2) is 3.12. The predicted octanol–water partition coefficient (Wildman–Crippen LogP) is 0.844. The largest absolute Gasteiger partial charge is 0.459 e. The molecule has 1 N–H and O–H groups in total. The van der Waals surface area contributed by atoms with Crippen LogP contribution < -0.4 is 5.32 Å². The molecule has 1 aromatic rings. The highest BCUT2D eigenvalue weighted by atomic mass is 32.1. The van der Waals surface area contributed by atoms with E-state index in [1.54, 1.807) is 12.1 Å². The molecule has 3 nitrogen and oxygen atoms in total. The molecule has 4 heteroatoms. The molecule has 1 radical (unpaired) electrons. The molecule has 0 aliphatic heterocycles. The zero-order valence-corrected chi connectivity index (χ0v) is 5.77. The van der Waals surface area contributed by atoms with E-state index >= 15 is 0 Å². The smallest absolute Gasteiger partial charge is 0.292 e. The van der Waals surface area contributed by atoms with Gasteiger partial charge in [-0.3, -0.25) is 4.79 Å². The first kappa shape index (κ1) is 6.95. The van der Waals surface area contributed by atoms with Crippen LogP contribution in [0.5, 0.6) is 0 Å². The molecule has 0 saturated heterocycles. The molecule has 1 amide bonds. The van der Waals surface area contributed by atoms with Crippen molar-refractivity contribution in [2.24, 2.45) is 0 Å². The molecular weight excluding hydrogens is 150 g/mol. The Balaban J connectivity index is 2.68. The van der Waals surface area contributed by atoms with Gasteiger partial charge in [0.15, 0.2) is 5.76 Å². The van der Waals surface area contributed by atoms with Crippen molar-refractivity contribution in [3.05, 3.63) is 24.2 Å². The van der Waals surface area contributed by atoms with Gasteiger partial charge in [-0.2, -0.15) is 0 Å². The SMILES string of the molecule is O=C(N[C]=S)c1ccco1. The molecule has 0 atom stereocenters. The second-order valence-electron chi connectivity index (χ2n) is 1.53. The van der Waals surface area contributed by atoms with Crippen LogP contribution >= 0.6 is 12.2 Å². The lowest BCUT2D eigenvalue weighted by molar-refractivity contribution is 0.0952. The van der Waals surface area contributed by atoms with Gasteiger partial charge in [0.05, 0.1) is 6.26 Å². The average molecular weight is 154 g/mol. The van der Waals surface area contributed by atoms with Gasteiger partial charge < -0.3 is 9.73 Å². The lowest BCUT2D eigenvalue weighted by Crippen LogP contribution is -2.19. The standard InChI is InChI=1S/C6H4NO2S/c8-6(7-4-10)5-2-1-3-9-5/h1-3H,(H,7,8,10). The maximum atomic E-state index is 10.8. The minimum absolute atomic E-state index is 0.234. The number of hydrogen-bond acceptors (Lipinski definition) is 3. The molecule has 1 rings (SSSR count). The first-order valence-corrected chi connectivity index (χ1v) is 2.96. The Hall–Kier alpha value is -1.16. The van der Waals surface area contributed by atoms with Crippen molar-refractivity contribution in [3.63, 3.8) is 0 Å². The average Bonchev–Trinajstić information content (AvgIpc) is 2.38. The fraction of sp³-hybridized carbons (Fsp3) is 0. The van der Waals surface area contributed by atoms with Gasteiger partial charge in [-0.1, -0.05) is 12.2 Å². The zero-order chi connectivity index (χ0) is 7.40. The Bertz CT molecular complexity index is 230. The summed E-state index contributed by atoms with van der Waals surface area (Å²) in [7, 11) is 0. The van der Waals surface area contributed by atoms with Crippen LogP contribution in [0.25, 0.3) is 0 Å². The molecule has 0 spiro atoms. The lowest BCUT2D eigenvalue weighted by Gasteiger charge is -1.89. The van der Waals surface area contributed by atoms with Crippen molar-refractivity contribution in [1.82, 2.24) is 5.32 Å². The highest BCUT2D eigenvalue weighted by molar-refractivity contribution is 7.78. The van der Waals surface area contributed by atoms with Crippen molar-refractivity contribution < 1.29 is 9.21 Å². The van der Waals surface area contributed by atoms with Gasteiger partial charge >= 0.3 is 0 Å². The third kappa shape index (κ3) is 1.41. The molecule has 0 aliphatic rings. The topological polar surface area (TPSA) is 42.2 Å². The van der Waals surface area contributed by atoms with Crippen LogP contribution in [0.15, 0.2) is 22.8 Å². The zero-order valence-electron chi connectivity index (χ0n) is 4.96. The summed E-state index contributed by atoms with van der Waals surface area (Å²) in [6.07, 6.45) is 1.41. The number of amides is 1. The van der Waals surface area contributed by atoms with Crippen molar-refractivity contribution in [2.45, 2.75) is 0 Å². The highest BCUT2D eigenvalue weighted by Gasteiger charge is 2.04. The van der Waals surface area contributed by atoms with E-state index in [0.29, 0.717) is 0 Å². The van der Waals surface area contributed by atoms with Crippen LogP contribution in [0.4, 0.5) is 0 Å². The van der Waals surface area contributed by atoms with E-state index in [4.69, 9.17) is 4.42 Å². The molecule has 51 valence electrons. The van der Waals surface area contributed by atoms with E-state index in [0.717, 1.165) is 0 Å². The van der Waals surface area contributed by atoms with Crippen LogP contribution in [0.3, 0.4) is 0 Å². The summed E-state index contributed by atoms with van der Waals surface area (Å²) in [4.78, 5) is 10.8. The maximum absolute atomic E-state index is 10.8. The summed E-state index contributed by atoms with van der Waals surface area (Å²) >= 11 is 4.28. The number of carbonyl (C=O) groups excluding carboxylic acids is 1. The summed E-state index contributed by atoms with van der Waals surface area (Å²) < 4.78 is 4.75. The fourth-order valence-corrected chi connectivity index (χ4v) is 0.608. The third-order valence-electron chi connectivity index (χ3n) is 0.910. The molecule has 10 heavy (non-hydrogen) atoms. The molecule has 0 saturated carbocycles. The molecule has 0 fully saturated rings. The van der Waals surface area contributed by atoms with E-state index in [2.05, 4.69) is 23.0 Å². The van der Waals surface area contributed by atoms with Crippen molar-refractivity contribution >= 4 is 23.6 Å². The van der Waals surface area contributed by atoms with Gasteiger partial charge in [-0.15, -0.1) is 0 Å². The van der Waals surface area contributed by atoms with Gasteiger partial charge in [0.25, 0.3) is 5.91 Å². The molecule has 0 aliphatic carbocycles. The molecular formula is C6H4NO2S. The van der Waals surface area contributed by atoms with Gasteiger partial charge in [0.1, 0.15) is 5.49 Å². The van der Waals surface area contributed by atoms with E-state index in [1.807, 2.05) is 0 Å². The molecule has 1 aromatic heterocycles. The molecule has 0 unspecified atom stereocenters. The van der Waals surface area contributed by atoms with Crippen LogP contribution in [0.1, 0.15) is 10.6 Å². The summed E-state index contributed by atoms with van der Waals surface area (Å²) in [6, 6.07) is 3.17. The number of nitrogens with one attached hydrogen (secondary N) is 1. The third-order valence-corrected chi connectivity index (χ3v) is 1.01. The van der Waals surface area contributed by atoms with Gasteiger partial charge in [0.2, 0.25) is 0 Å². The fourth-order valence-electron chi connectivity index (χ4n) is 0.516. The number of carbonyl (C=O) groups is 1. The highest BCUT2D eigenvalue weighted by Crippen LogP contribution is 1.97. The van der Waals surface area contributed by atoms with Crippen LogP contribution in [-0.4, -0.2) is 11.4 Å². The van der Waals surface area contributed by atoms with E-state index in [9.17, 15) is 4.79 Å². The number of hydrogen-bond donors (Lipinski definition) is 1. The monoisotopic (exact) mass is 154 g/mol. The van der Waals surface area contributed by atoms with Crippen LogP contribution in [0, 0.1) is 0 Å². The van der Waals surface area contributed by atoms with Crippen molar-refractivity contribution in [1.29, 1.82) is 0 Å². The first-order chi connectivity index (χ1) is 4.84. The Kier molecular flexibility index (Phi) is 2.17. The summed E-state index contributed by atoms with van der Waals surface area (Å²) in [6.45, 7) is 0. The summed E-state index contributed by atoms with van der Waals surface area (Å²) in [5.41, 5.74) is 2.08. The molecule has 1 heterocycles. The number of furan rings is 1. The Morgan fingerprint density at radius 3 is 3.10 bits per heavy atom. The minimum Gasteiger partial charge on any atom is -0.459 e. The quantitative estimate of drug-likeness (QED) is 0.507. The van der Waals surface area contributed by atoms with E-state index in [-0.39, 0.29) is 11.7 Å². The maximum Gasteiger partial charge on any atom is 0.292 e. The van der Waals surface area contributed by atoms with Gasteiger partial charge in [0, 0.05) is 0 Å². The van der Waals surface area contributed by atoms with Crippen molar-refractivity contribution in [2.75, 3.05) is 0 Å². The number of rotatable bonds is 2. The van der Waals surface area contributed by atoms with Crippen molar-refractivity contribution in [3.8, 4) is 0 Å². The van der Waals surface area contributed by atoms with Crippen LogP contribution in [0.2, 0.25) is 0 Å². The first-order valence-electron chi connectivity index (χ1n) is 2.55. The molecule has 0 aromatic carbocycles. The lowest BCUT2D eigenvalue weighted by atomic mass is 10.4. The van der Waals surface area contributed by atoms with Crippen LogP contribution in [-0.2, 0) is 0 Å². The second-order valence-corrected chi connectivity index (χ2v) is 1.74. The Morgan fingerprint density at radius 2 is 2.60 bits per heavy atom. The minimum atomic E-state index is -0.375.